The van der Waals surface area contributed by atoms with Gasteiger partial charge in [0, 0.05) is 13.1 Å². The van der Waals surface area contributed by atoms with Gasteiger partial charge in [-0.25, -0.2) is 0 Å². The number of likely N-dealkylation sites (tertiary alicyclic amines) is 1. The van der Waals surface area contributed by atoms with Gasteiger partial charge in [0.15, 0.2) is 5.11 Å². The highest BCUT2D eigenvalue weighted by molar-refractivity contribution is 7.80. The third-order valence-corrected chi connectivity index (χ3v) is 3.71. The number of ether oxygens (including phenoxy) is 1. The summed E-state index contributed by atoms with van der Waals surface area (Å²) in [6.07, 6.45) is 2.78. The molecule has 0 amide bonds. The first-order valence-corrected chi connectivity index (χ1v) is 6.72. The number of hydrogen-bond donors (Lipinski definition) is 1. The lowest BCUT2D eigenvalue weighted by molar-refractivity contribution is -0.150. The molecule has 2 N–H and O–H groups in total. The molecule has 1 rings (SSSR count). The molecule has 0 saturated carbocycles. The number of nitrogens with zero attached hydrogens (tertiary/aromatic N) is 1. The van der Waals surface area contributed by atoms with E-state index in [1.807, 2.05) is 18.7 Å². The number of piperidine rings is 1. The normalized spacial score (nSPS) is 18.8. The van der Waals surface area contributed by atoms with Crippen LogP contribution in [0.5, 0.6) is 0 Å². The molecule has 98 valence electrons. The maximum atomic E-state index is 11.8. The second-order valence-electron chi connectivity index (χ2n) is 4.43. The number of thiocarbonyl (C=S) groups is 1. The highest BCUT2D eigenvalue weighted by Crippen LogP contribution is 2.28. The van der Waals surface area contributed by atoms with Crippen LogP contribution >= 0.6 is 12.2 Å². The predicted molar refractivity (Wildman–Crippen MR) is 71.5 cm³/mol. The van der Waals surface area contributed by atoms with E-state index < -0.39 is 0 Å². The molecule has 4 nitrogen and oxygen atoms in total. The van der Waals surface area contributed by atoms with Crippen molar-refractivity contribution in [3.05, 3.63) is 0 Å². The summed E-state index contributed by atoms with van der Waals surface area (Å²) < 4.78 is 5.12. The minimum absolute atomic E-state index is 0.0310. The Balaban J connectivity index is 2.50. The van der Waals surface area contributed by atoms with Gasteiger partial charge >= 0.3 is 5.97 Å². The van der Waals surface area contributed by atoms with Gasteiger partial charge in [0.05, 0.1) is 12.5 Å². The van der Waals surface area contributed by atoms with E-state index in [2.05, 4.69) is 0 Å². The van der Waals surface area contributed by atoms with E-state index in [1.54, 1.807) is 0 Å². The summed E-state index contributed by atoms with van der Waals surface area (Å²) in [5.41, 5.74) is 5.59. The van der Waals surface area contributed by atoms with Crippen molar-refractivity contribution >= 4 is 23.3 Å². The topological polar surface area (TPSA) is 55.6 Å². The molecule has 1 unspecified atom stereocenters. The average molecular weight is 258 g/mol. The van der Waals surface area contributed by atoms with Crippen LogP contribution in [0.1, 0.15) is 33.1 Å². The first-order valence-electron chi connectivity index (χ1n) is 6.31. The highest BCUT2D eigenvalue weighted by atomic mass is 32.1. The molecule has 0 aromatic heterocycles. The van der Waals surface area contributed by atoms with Gasteiger partial charge in [0.2, 0.25) is 0 Å². The molecule has 1 saturated heterocycles. The zero-order chi connectivity index (χ0) is 12.8. The number of carbonyl (C=O) groups excluding carboxylic acids is 1. The Morgan fingerprint density at radius 2 is 2.06 bits per heavy atom. The molecular formula is C12H22N2O2S. The molecule has 0 spiro atoms. The van der Waals surface area contributed by atoms with Crippen LogP contribution in [-0.4, -0.2) is 35.7 Å². The number of hydrogen-bond acceptors (Lipinski definition) is 3. The number of esters is 1. The molecule has 0 bridgehead atoms. The minimum atomic E-state index is -0.0521. The van der Waals surface area contributed by atoms with Gasteiger partial charge in [-0.3, -0.25) is 4.79 Å². The van der Waals surface area contributed by atoms with Crippen LogP contribution in [0.3, 0.4) is 0 Å². The van der Waals surface area contributed by atoms with Crippen LogP contribution in [-0.2, 0) is 9.53 Å². The lowest BCUT2D eigenvalue weighted by Gasteiger charge is -2.35. The first kappa shape index (κ1) is 14.2. The second kappa shape index (κ2) is 6.79. The lowest BCUT2D eigenvalue weighted by Crippen LogP contribution is -2.43. The molecule has 5 heteroatoms. The van der Waals surface area contributed by atoms with Crippen molar-refractivity contribution in [1.29, 1.82) is 0 Å². The van der Waals surface area contributed by atoms with E-state index in [-0.39, 0.29) is 11.9 Å². The molecule has 17 heavy (non-hydrogen) atoms. The summed E-state index contributed by atoms with van der Waals surface area (Å²) >= 11 is 4.95. The Hall–Kier alpha value is -0.840. The third-order valence-electron chi connectivity index (χ3n) is 3.45. The molecule has 1 aliphatic rings. The van der Waals surface area contributed by atoms with Gasteiger partial charge in [-0.1, -0.05) is 6.92 Å². The SMILES string of the molecule is CCOC(=O)C(CC)C1CCN(C(N)=S)CC1. The van der Waals surface area contributed by atoms with Crippen LogP contribution in [0.15, 0.2) is 0 Å². The third kappa shape index (κ3) is 3.84. The van der Waals surface area contributed by atoms with E-state index >= 15 is 0 Å². The smallest absolute Gasteiger partial charge is 0.309 e. The summed E-state index contributed by atoms with van der Waals surface area (Å²) in [5.74, 6) is 0.386. The Labute approximate surface area is 108 Å². The Bertz CT molecular complexity index is 276. The Morgan fingerprint density at radius 1 is 1.47 bits per heavy atom. The van der Waals surface area contributed by atoms with E-state index in [0.717, 1.165) is 32.4 Å². The fraction of sp³-hybridized carbons (Fsp3) is 0.833. The van der Waals surface area contributed by atoms with Crippen LogP contribution in [0.2, 0.25) is 0 Å². The molecule has 0 aromatic carbocycles. The van der Waals surface area contributed by atoms with Crippen molar-refractivity contribution in [3.63, 3.8) is 0 Å². The zero-order valence-corrected chi connectivity index (χ0v) is 11.5. The minimum Gasteiger partial charge on any atom is -0.466 e. The van der Waals surface area contributed by atoms with Crippen molar-refractivity contribution in [2.24, 2.45) is 17.6 Å². The molecule has 1 aliphatic heterocycles. The van der Waals surface area contributed by atoms with Crippen LogP contribution in [0, 0.1) is 11.8 Å². The van der Waals surface area contributed by atoms with Crippen molar-refractivity contribution in [1.82, 2.24) is 4.90 Å². The molecule has 0 aliphatic carbocycles. The Morgan fingerprint density at radius 3 is 2.47 bits per heavy atom. The number of carbonyl (C=O) groups is 1. The van der Waals surface area contributed by atoms with Crippen LogP contribution in [0.25, 0.3) is 0 Å². The summed E-state index contributed by atoms with van der Waals surface area (Å²) in [4.78, 5) is 13.8. The van der Waals surface area contributed by atoms with Crippen molar-refractivity contribution in [3.8, 4) is 0 Å². The molecule has 0 radical (unpaired) electrons. The number of nitrogens with two attached hydrogens (primary N) is 1. The van der Waals surface area contributed by atoms with Gasteiger partial charge < -0.3 is 15.4 Å². The van der Waals surface area contributed by atoms with Crippen molar-refractivity contribution in [2.45, 2.75) is 33.1 Å². The van der Waals surface area contributed by atoms with Gasteiger partial charge in [0.1, 0.15) is 0 Å². The van der Waals surface area contributed by atoms with E-state index in [1.165, 1.54) is 0 Å². The second-order valence-corrected chi connectivity index (χ2v) is 4.85. The standard InChI is InChI=1S/C12H22N2O2S/c1-3-10(11(15)16-4-2)9-5-7-14(8-6-9)12(13)17/h9-10H,3-8H2,1-2H3,(H2,13,17). The summed E-state index contributed by atoms with van der Waals surface area (Å²) in [7, 11) is 0. The number of rotatable bonds is 4. The summed E-state index contributed by atoms with van der Waals surface area (Å²) in [6.45, 7) is 6.06. The summed E-state index contributed by atoms with van der Waals surface area (Å²) in [6, 6.07) is 0. The van der Waals surface area contributed by atoms with Crippen LogP contribution < -0.4 is 5.73 Å². The van der Waals surface area contributed by atoms with Crippen molar-refractivity contribution in [2.75, 3.05) is 19.7 Å². The Kier molecular flexibility index (Phi) is 5.68. The maximum Gasteiger partial charge on any atom is 0.309 e. The van der Waals surface area contributed by atoms with E-state index in [4.69, 9.17) is 22.7 Å². The average Bonchev–Trinajstić information content (AvgIpc) is 2.31. The quantitative estimate of drug-likeness (QED) is 0.612. The van der Waals surface area contributed by atoms with Crippen LogP contribution in [0.4, 0.5) is 0 Å². The molecule has 1 fully saturated rings. The van der Waals surface area contributed by atoms with E-state index in [9.17, 15) is 4.79 Å². The fourth-order valence-corrected chi connectivity index (χ4v) is 2.65. The fourth-order valence-electron chi connectivity index (χ4n) is 2.46. The van der Waals surface area contributed by atoms with Gasteiger partial charge in [-0.05, 0) is 44.3 Å². The monoisotopic (exact) mass is 258 g/mol. The van der Waals surface area contributed by atoms with Gasteiger partial charge in [-0.15, -0.1) is 0 Å². The van der Waals surface area contributed by atoms with Crippen molar-refractivity contribution < 1.29 is 9.53 Å². The molecule has 0 aromatic rings. The van der Waals surface area contributed by atoms with Gasteiger partial charge in [-0.2, -0.15) is 0 Å². The van der Waals surface area contributed by atoms with E-state index in [0.29, 0.717) is 17.6 Å². The molecule has 1 atom stereocenters. The largest absolute Gasteiger partial charge is 0.466 e. The first-order chi connectivity index (χ1) is 8.10. The predicted octanol–water partition coefficient (Wildman–Crippen LogP) is 1.53. The molecular weight excluding hydrogens is 236 g/mol. The lowest BCUT2D eigenvalue weighted by atomic mass is 9.83. The summed E-state index contributed by atoms with van der Waals surface area (Å²) in [5, 5.41) is 0.465. The highest BCUT2D eigenvalue weighted by Gasteiger charge is 2.31. The maximum absolute atomic E-state index is 11.8. The molecule has 1 heterocycles. The zero-order valence-electron chi connectivity index (χ0n) is 10.6. The van der Waals surface area contributed by atoms with Gasteiger partial charge in [0.25, 0.3) is 0 Å².